The van der Waals surface area contributed by atoms with Crippen molar-refractivity contribution in [1.29, 1.82) is 0 Å². The lowest BCUT2D eigenvalue weighted by molar-refractivity contribution is 0.367. The predicted molar refractivity (Wildman–Crippen MR) is 82.7 cm³/mol. The van der Waals surface area contributed by atoms with E-state index in [1.165, 1.54) is 5.56 Å². The number of nitrogens with one attached hydrogen (secondary N) is 1. The number of hydrogen-bond donors (Lipinski definition) is 1. The van der Waals surface area contributed by atoms with E-state index in [0.29, 0.717) is 6.54 Å². The molecular weight excluding hydrogens is 266 g/mol. The Labute approximate surface area is 125 Å². The fourth-order valence-corrected chi connectivity index (χ4v) is 2.42. The Hall–Kier alpha value is -2.01. The van der Waals surface area contributed by atoms with E-state index in [0.717, 1.165) is 22.9 Å². The Morgan fingerprint density at radius 2 is 2.05 bits per heavy atom. The first-order chi connectivity index (χ1) is 10.1. The van der Waals surface area contributed by atoms with Crippen LogP contribution in [0.3, 0.4) is 0 Å². The third kappa shape index (κ3) is 3.36. The van der Waals surface area contributed by atoms with Crippen LogP contribution in [-0.2, 0) is 13.6 Å². The lowest BCUT2D eigenvalue weighted by Gasteiger charge is -2.15. The molecule has 0 fully saturated rings. The number of hydrogen-bond acceptors (Lipinski definition) is 4. The molecule has 2 aromatic rings. The van der Waals surface area contributed by atoms with Crippen molar-refractivity contribution < 1.29 is 9.47 Å². The van der Waals surface area contributed by atoms with Crippen LogP contribution >= 0.6 is 0 Å². The molecule has 0 aliphatic carbocycles. The standard InChI is InChI=1S/C16H23N3O2/c1-11(13-7-6-8-14(9-13)20-4)17-10-15-12(2)18-19(3)16(15)21-5/h6-9,11,17H,10H2,1-5H3/t11-/m0/s1. The second-order valence-corrected chi connectivity index (χ2v) is 5.08. The maximum Gasteiger partial charge on any atom is 0.216 e. The third-order valence-corrected chi connectivity index (χ3v) is 3.66. The highest BCUT2D eigenvalue weighted by molar-refractivity contribution is 5.32. The van der Waals surface area contributed by atoms with Gasteiger partial charge in [-0.2, -0.15) is 5.10 Å². The smallest absolute Gasteiger partial charge is 0.216 e. The molecule has 0 radical (unpaired) electrons. The van der Waals surface area contributed by atoms with Crippen molar-refractivity contribution in [2.24, 2.45) is 7.05 Å². The Morgan fingerprint density at radius 1 is 1.29 bits per heavy atom. The number of nitrogens with zero attached hydrogens (tertiary/aromatic N) is 2. The second-order valence-electron chi connectivity index (χ2n) is 5.08. The number of benzene rings is 1. The van der Waals surface area contributed by atoms with Crippen LogP contribution in [0.4, 0.5) is 0 Å². The summed E-state index contributed by atoms with van der Waals surface area (Å²) in [5, 5.41) is 7.90. The molecule has 0 saturated heterocycles. The van der Waals surface area contributed by atoms with Gasteiger partial charge in [0.15, 0.2) is 0 Å². The van der Waals surface area contributed by atoms with E-state index >= 15 is 0 Å². The summed E-state index contributed by atoms with van der Waals surface area (Å²) in [6.45, 7) is 4.84. The molecule has 1 aromatic heterocycles. The molecule has 1 aromatic carbocycles. The van der Waals surface area contributed by atoms with E-state index in [4.69, 9.17) is 9.47 Å². The summed E-state index contributed by atoms with van der Waals surface area (Å²) in [7, 11) is 5.24. The van der Waals surface area contributed by atoms with Crippen molar-refractivity contribution in [3.05, 3.63) is 41.1 Å². The van der Waals surface area contributed by atoms with Gasteiger partial charge in [-0.1, -0.05) is 12.1 Å². The van der Waals surface area contributed by atoms with Crippen molar-refractivity contribution in [1.82, 2.24) is 15.1 Å². The van der Waals surface area contributed by atoms with E-state index in [9.17, 15) is 0 Å². The van der Waals surface area contributed by atoms with Crippen LogP contribution in [0, 0.1) is 6.92 Å². The minimum atomic E-state index is 0.212. The third-order valence-electron chi connectivity index (χ3n) is 3.66. The summed E-state index contributed by atoms with van der Waals surface area (Å²) in [5.74, 6) is 1.68. The van der Waals surface area contributed by atoms with Crippen LogP contribution in [0.15, 0.2) is 24.3 Å². The monoisotopic (exact) mass is 289 g/mol. The van der Waals surface area contributed by atoms with Gasteiger partial charge >= 0.3 is 0 Å². The molecule has 5 heteroatoms. The molecule has 0 bridgehead atoms. The molecule has 1 N–H and O–H groups in total. The van der Waals surface area contributed by atoms with E-state index in [1.807, 2.05) is 32.2 Å². The molecule has 0 saturated carbocycles. The molecular formula is C16H23N3O2. The number of rotatable bonds is 6. The van der Waals surface area contributed by atoms with Gasteiger partial charge in [-0.25, -0.2) is 4.68 Å². The van der Waals surface area contributed by atoms with E-state index in [1.54, 1.807) is 18.9 Å². The van der Waals surface area contributed by atoms with Crippen molar-refractivity contribution >= 4 is 0 Å². The van der Waals surface area contributed by atoms with E-state index < -0.39 is 0 Å². The van der Waals surface area contributed by atoms with Gasteiger partial charge in [0.1, 0.15) is 5.75 Å². The van der Waals surface area contributed by atoms with Gasteiger partial charge in [0, 0.05) is 19.6 Å². The maximum absolute atomic E-state index is 5.41. The van der Waals surface area contributed by atoms with Gasteiger partial charge in [-0.05, 0) is 31.5 Å². The highest BCUT2D eigenvalue weighted by Gasteiger charge is 2.15. The molecule has 0 spiro atoms. The van der Waals surface area contributed by atoms with Gasteiger partial charge in [-0.15, -0.1) is 0 Å². The minimum absolute atomic E-state index is 0.212. The van der Waals surface area contributed by atoms with Gasteiger partial charge in [0.25, 0.3) is 0 Å². The lowest BCUT2D eigenvalue weighted by Crippen LogP contribution is -2.18. The van der Waals surface area contributed by atoms with Crippen LogP contribution in [-0.4, -0.2) is 24.0 Å². The number of ether oxygens (including phenoxy) is 2. The van der Waals surface area contributed by atoms with Crippen molar-refractivity contribution in [2.75, 3.05) is 14.2 Å². The molecule has 1 atom stereocenters. The van der Waals surface area contributed by atoms with Crippen LogP contribution in [0.5, 0.6) is 11.6 Å². The van der Waals surface area contributed by atoms with Crippen molar-refractivity contribution in [3.8, 4) is 11.6 Å². The lowest BCUT2D eigenvalue weighted by atomic mass is 10.1. The van der Waals surface area contributed by atoms with E-state index in [-0.39, 0.29) is 6.04 Å². The molecule has 5 nitrogen and oxygen atoms in total. The highest BCUT2D eigenvalue weighted by Crippen LogP contribution is 2.23. The summed E-state index contributed by atoms with van der Waals surface area (Å²) in [6.07, 6.45) is 0. The summed E-state index contributed by atoms with van der Waals surface area (Å²) < 4.78 is 12.4. The molecule has 1 heterocycles. The van der Waals surface area contributed by atoms with Gasteiger partial charge in [0.2, 0.25) is 5.88 Å². The fourth-order valence-electron chi connectivity index (χ4n) is 2.42. The van der Waals surface area contributed by atoms with Crippen LogP contribution < -0.4 is 14.8 Å². The zero-order chi connectivity index (χ0) is 15.4. The van der Waals surface area contributed by atoms with Crippen molar-refractivity contribution in [2.45, 2.75) is 26.4 Å². The SMILES string of the molecule is COc1cccc([C@H](C)NCc2c(C)nn(C)c2OC)c1. The maximum atomic E-state index is 5.41. The molecule has 2 rings (SSSR count). The van der Waals surface area contributed by atoms with Gasteiger partial charge < -0.3 is 14.8 Å². The Morgan fingerprint density at radius 3 is 2.71 bits per heavy atom. The number of methoxy groups -OCH3 is 2. The predicted octanol–water partition coefficient (Wildman–Crippen LogP) is 2.60. The van der Waals surface area contributed by atoms with Gasteiger partial charge in [-0.3, -0.25) is 0 Å². The summed E-state index contributed by atoms with van der Waals surface area (Å²) >= 11 is 0. The summed E-state index contributed by atoms with van der Waals surface area (Å²) in [4.78, 5) is 0. The average Bonchev–Trinajstić information content (AvgIpc) is 2.77. The van der Waals surface area contributed by atoms with Gasteiger partial charge in [0.05, 0.1) is 25.5 Å². The summed E-state index contributed by atoms with van der Waals surface area (Å²) in [5.41, 5.74) is 3.27. The first-order valence-electron chi connectivity index (χ1n) is 7.00. The quantitative estimate of drug-likeness (QED) is 0.888. The molecule has 114 valence electrons. The second kappa shape index (κ2) is 6.63. The molecule has 21 heavy (non-hydrogen) atoms. The van der Waals surface area contributed by atoms with Crippen LogP contribution in [0.2, 0.25) is 0 Å². The minimum Gasteiger partial charge on any atom is -0.497 e. The Bertz CT molecular complexity index is 608. The molecule has 0 aliphatic rings. The Balaban J connectivity index is 2.09. The molecule has 0 aliphatic heterocycles. The number of aromatic nitrogens is 2. The first-order valence-corrected chi connectivity index (χ1v) is 7.00. The van der Waals surface area contributed by atoms with Crippen molar-refractivity contribution in [3.63, 3.8) is 0 Å². The Kier molecular flexibility index (Phi) is 4.85. The highest BCUT2D eigenvalue weighted by atomic mass is 16.5. The topological polar surface area (TPSA) is 48.3 Å². The normalized spacial score (nSPS) is 12.2. The van der Waals surface area contributed by atoms with Crippen LogP contribution in [0.25, 0.3) is 0 Å². The largest absolute Gasteiger partial charge is 0.497 e. The first kappa shape index (κ1) is 15.4. The molecule has 0 amide bonds. The zero-order valence-electron chi connectivity index (χ0n) is 13.3. The zero-order valence-corrected chi connectivity index (χ0v) is 13.3. The van der Waals surface area contributed by atoms with E-state index in [2.05, 4.69) is 23.4 Å². The average molecular weight is 289 g/mol. The molecule has 0 unspecified atom stereocenters. The summed E-state index contributed by atoms with van der Waals surface area (Å²) in [6, 6.07) is 8.30. The van der Waals surface area contributed by atoms with Crippen LogP contribution in [0.1, 0.15) is 29.8 Å². The number of aryl methyl sites for hydroxylation is 2. The fraction of sp³-hybridized carbons (Fsp3) is 0.438.